The summed E-state index contributed by atoms with van der Waals surface area (Å²) in [5.41, 5.74) is 4.37. The molecular weight excluding hydrogens is 300 g/mol. The van der Waals surface area contributed by atoms with Crippen LogP contribution in [0.25, 0.3) is 0 Å². The number of hydrogen-bond donors (Lipinski definition) is 2. The van der Waals surface area contributed by atoms with Crippen molar-refractivity contribution in [2.24, 2.45) is 0 Å². The molecule has 1 unspecified atom stereocenters. The van der Waals surface area contributed by atoms with Gasteiger partial charge in [0.25, 0.3) is 0 Å². The number of sulfonamides is 1. The fourth-order valence-electron chi connectivity index (χ4n) is 1.72. The van der Waals surface area contributed by atoms with Crippen LogP contribution in [0.2, 0.25) is 0 Å². The number of hydrogen-bond acceptors (Lipinski definition) is 4. The molecule has 1 rings (SSSR count). The van der Waals surface area contributed by atoms with Gasteiger partial charge in [-0.25, -0.2) is 21.9 Å². The van der Waals surface area contributed by atoms with Gasteiger partial charge in [0, 0.05) is 19.1 Å². The first-order chi connectivity index (χ1) is 9.70. The van der Waals surface area contributed by atoms with E-state index in [1.54, 1.807) is 0 Å². The van der Waals surface area contributed by atoms with Crippen molar-refractivity contribution in [2.75, 3.05) is 25.9 Å². The molecule has 1 aromatic rings. The van der Waals surface area contributed by atoms with Crippen molar-refractivity contribution in [1.29, 1.82) is 0 Å². The Hall–Kier alpha value is -1.25. The second-order valence-corrected chi connectivity index (χ2v) is 6.64. The number of nitrogens with zero attached hydrogens (tertiary/aromatic N) is 1. The maximum absolute atomic E-state index is 13.7. The molecule has 1 atom stereocenters. The summed E-state index contributed by atoms with van der Waals surface area (Å²) in [6, 6.07) is 2.01. The van der Waals surface area contributed by atoms with Crippen molar-refractivity contribution in [3.8, 4) is 0 Å². The Balaban J connectivity index is 2.77. The molecular formula is C13H21F2N3O2S. The lowest BCUT2D eigenvalue weighted by molar-refractivity contribution is 0.256. The van der Waals surface area contributed by atoms with Gasteiger partial charge in [0.15, 0.2) is 5.82 Å². The normalized spacial score (nSPS) is 13.6. The van der Waals surface area contributed by atoms with Crippen LogP contribution in [0.15, 0.2) is 17.0 Å². The molecule has 0 amide bonds. The molecule has 0 aliphatic heterocycles. The van der Waals surface area contributed by atoms with Gasteiger partial charge in [-0.15, -0.1) is 0 Å². The molecule has 0 aliphatic rings. The van der Waals surface area contributed by atoms with E-state index in [0.29, 0.717) is 12.6 Å². The van der Waals surface area contributed by atoms with Gasteiger partial charge in [-0.3, -0.25) is 0 Å². The minimum absolute atomic E-state index is 0.125. The van der Waals surface area contributed by atoms with Crippen LogP contribution >= 0.6 is 0 Å². The van der Waals surface area contributed by atoms with E-state index in [1.807, 2.05) is 25.8 Å². The lowest BCUT2D eigenvalue weighted by Crippen LogP contribution is -2.37. The van der Waals surface area contributed by atoms with E-state index in [1.165, 1.54) is 0 Å². The molecule has 0 aromatic heterocycles. The Labute approximate surface area is 124 Å². The number of benzene rings is 1. The summed E-state index contributed by atoms with van der Waals surface area (Å²) in [6.07, 6.45) is 0.937. The molecule has 0 saturated heterocycles. The predicted octanol–water partition coefficient (Wildman–Crippen LogP) is 1.56. The fourth-order valence-corrected chi connectivity index (χ4v) is 2.83. The Morgan fingerprint density at radius 1 is 1.38 bits per heavy atom. The standard InChI is InChI=1S/C13H21F2N3O2S/c1-4-9(2)18(3)8-7-17-21(19,20)11-6-5-10(14)13(16)12(11)15/h5-6,9,17H,4,7-8,16H2,1-3H3. The molecule has 3 N–H and O–H groups in total. The van der Waals surface area contributed by atoms with E-state index >= 15 is 0 Å². The quantitative estimate of drug-likeness (QED) is 0.747. The van der Waals surface area contributed by atoms with E-state index in [0.717, 1.165) is 18.6 Å². The average Bonchev–Trinajstić information content (AvgIpc) is 2.43. The van der Waals surface area contributed by atoms with Crippen LogP contribution in [-0.4, -0.2) is 39.5 Å². The molecule has 0 heterocycles. The Morgan fingerprint density at radius 3 is 2.57 bits per heavy atom. The summed E-state index contributed by atoms with van der Waals surface area (Å²) in [5.74, 6) is -2.25. The van der Waals surface area contributed by atoms with Crippen molar-refractivity contribution >= 4 is 15.7 Å². The summed E-state index contributed by atoms with van der Waals surface area (Å²) >= 11 is 0. The minimum Gasteiger partial charge on any atom is -0.394 e. The first-order valence-corrected chi connectivity index (χ1v) is 8.12. The van der Waals surface area contributed by atoms with Crippen LogP contribution in [0.1, 0.15) is 20.3 Å². The van der Waals surface area contributed by atoms with Gasteiger partial charge < -0.3 is 10.6 Å². The second kappa shape index (κ2) is 7.15. The zero-order valence-electron chi connectivity index (χ0n) is 12.4. The lowest BCUT2D eigenvalue weighted by atomic mass is 10.2. The first-order valence-electron chi connectivity index (χ1n) is 6.64. The molecule has 0 fully saturated rings. The molecule has 0 aliphatic carbocycles. The largest absolute Gasteiger partial charge is 0.394 e. The highest BCUT2D eigenvalue weighted by molar-refractivity contribution is 7.89. The van der Waals surface area contributed by atoms with Crippen molar-refractivity contribution < 1.29 is 17.2 Å². The molecule has 120 valence electrons. The van der Waals surface area contributed by atoms with Crippen molar-refractivity contribution in [3.63, 3.8) is 0 Å². The zero-order chi connectivity index (χ0) is 16.2. The van der Waals surface area contributed by atoms with Crippen LogP contribution in [0, 0.1) is 11.6 Å². The van der Waals surface area contributed by atoms with Crippen molar-refractivity contribution in [3.05, 3.63) is 23.8 Å². The van der Waals surface area contributed by atoms with Crippen LogP contribution < -0.4 is 10.5 Å². The fraction of sp³-hybridized carbons (Fsp3) is 0.538. The highest BCUT2D eigenvalue weighted by atomic mass is 32.2. The third-order valence-electron chi connectivity index (χ3n) is 3.48. The second-order valence-electron chi connectivity index (χ2n) is 4.91. The maximum atomic E-state index is 13.7. The molecule has 0 radical (unpaired) electrons. The molecule has 5 nitrogen and oxygen atoms in total. The highest BCUT2D eigenvalue weighted by Crippen LogP contribution is 2.22. The van der Waals surface area contributed by atoms with Crippen molar-refractivity contribution in [2.45, 2.75) is 31.2 Å². The minimum atomic E-state index is -4.06. The predicted molar refractivity (Wildman–Crippen MR) is 78.3 cm³/mol. The Morgan fingerprint density at radius 2 is 2.00 bits per heavy atom. The summed E-state index contributed by atoms with van der Waals surface area (Å²) < 4.78 is 53.0. The molecule has 0 saturated carbocycles. The highest BCUT2D eigenvalue weighted by Gasteiger charge is 2.22. The van der Waals surface area contributed by atoms with Gasteiger partial charge in [-0.05, 0) is 32.5 Å². The third kappa shape index (κ3) is 4.36. The number of nitrogens with one attached hydrogen (secondary N) is 1. The van der Waals surface area contributed by atoms with Gasteiger partial charge in [-0.2, -0.15) is 0 Å². The number of anilines is 1. The average molecular weight is 321 g/mol. The van der Waals surface area contributed by atoms with Crippen LogP contribution in [0.3, 0.4) is 0 Å². The van der Waals surface area contributed by atoms with E-state index in [4.69, 9.17) is 5.73 Å². The van der Waals surface area contributed by atoms with Gasteiger partial charge >= 0.3 is 0 Å². The molecule has 8 heteroatoms. The van der Waals surface area contributed by atoms with Gasteiger partial charge in [0.1, 0.15) is 16.4 Å². The van der Waals surface area contributed by atoms with E-state index in [-0.39, 0.29) is 6.54 Å². The van der Waals surface area contributed by atoms with Gasteiger partial charge in [0.2, 0.25) is 10.0 Å². The van der Waals surface area contributed by atoms with Crippen molar-refractivity contribution in [1.82, 2.24) is 9.62 Å². The number of nitrogens with two attached hydrogens (primary N) is 1. The Bertz CT molecular complexity index is 593. The first kappa shape index (κ1) is 17.8. The maximum Gasteiger partial charge on any atom is 0.243 e. The number of likely N-dealkylation sites (N-methyl/N-ethyl adjacent to an activating group) is 1. The summed E-state index contributed by atoms with van der Waals surface area (Å²) in [4.78, 5) is 1.34. The smallest absolute Gasteiger partial charge is 0.243 e. The van der Waals surface area contributed by atoms with Gasteiger partial charge in [0.05, 0.1) is 0 Å². The topological polar surface area (TPSA) is 75.4 Å². The lowest BCUT2D eigenvalue weighted by Gasteiger charge is -2.23. The van der Waals surface area contributed by atoms with Crippen LogP contribution in [0.4, 0.5) is 14.5 Å². The van der Waals surface area contributed by atoms with E-state index in [9.17, 15) is 17.2 Å². The monoisotopic (exact) mass is 321 g/mol. The molecule has 21 heavy (non-hydrogen) atoms. The summed E-state index contributed by atoms with van der Waals surface area (Å²) in [7, 11) is -2.18. The third-order valence-corrected chi connectivity index (χ3v) is 4.96. The SMILES string of the molecule is CCC(C)N(C)CCNS(=O)(=O)c1ccc(F)c(N)c1F. The number of rotatable bonds is 7. The van der Waals surface area contributed by atoms with Crippen LogP contribution in [0.5, 0.6) is 0 Å². The zero-order valence-corrected chi connectivity index (χ0v) is 13.2. The van der Waals surface area contributed by atoms with Crippen LogP contribution in [-0.2, 0) is 10.0 Å². The Kier molecular flexibility index (Phi) is 6.06. The van der Waals surface area contributed by atoms with E-state index in [2.05, 4.69) is 4.72 Å². The molecule has 0 bridgehead atoms. The van der Waals surface area contributed by atoms with Gasteiger partial charge in [-0.1, -0.05) is 6.92 Å². The molecule has 0 spiro atoms. The number of halogens is 2. The molecule has 1 aromatic carbocycles. The number of nitrogen functional groups attached to an aromatic ring is 1. The summed E-state index contributed by atoms with van der Waals surface area (Å²) in [6.45, 7) is 4.66. The van der Waals surface area contributed by atoms with E-state index < -0.39 is 32.2 Å². The summed E-state index contributed by atoms with van der Waals surface area (Å²) in [5, 5.41) is 0.